The fourth-order valence-electron chi connectivity index (χ4n) is 1.35. The van der Waals surface area contributed by atoms with Crippen molar-refractivity contribution in [3.63, 3.8) is 0 Å². The van der Waals surface area contributed by atoms with Gasteiger partial charge in [-0.25, -0.2) is 0 Å². The topological polar surface area (TPSA) is 23.6 Å². The van der Waals surface area contributed by atoms with E-state index in [1.165, 1.54) is 3.58 Å². The highest BCUT2D eigenvalue weighted by molar-refractivity contribution is 14.1. The van der Waals surface area contributed by atoms with Gasteiger partial charge < -0.3 is 9.80 Å². The normalized spacial score (nSPS) is 17.1. The second-order valence-electron chi connectivity index (χ2n) is 3.79. The number of carbonyl (C=O) groups excluding carboxylic acids is 1. The van der Waals surface area contributed by atoms with Crippen molar-refractivity contribution < 1.29 is 4.79 Å². The minimum absolute atomic E-state index is 0.277. The predicted octanol–water partition coefficient (Wildman–Crippen LogP) is 1.49. The fourth-order valence-corrected chi connectivity index (χ4v) is 1.79. The molecule has 0 saturated carbocycles. The zero-order valence-electron chi connectivity index (χ0n) is 8.79. The molecule has 0 atom stereocenters. The quantitative estimate of drug-likeness (QED) is 0.738. The van der Waals surface area contributed by atoms with Gasteiger partial charge in [-0.1, -0.05) is 6.08 Å². The van der Waals surface area contributed by atoms with Crippen LogP contribution in [0.25, 0.3) is 0 Å². The Labute approximate surface area is 99.3 Å². The number of amides is 1. The molecule has 0 unspecified atom stereocenters. The Balaban J connectivity index is 2.32. The lowest BCUT2D eigenvalue weighted by atomic mass is 10.2. The second kappa shape index (κ2) is 5.70. The molecule has 1 amide bonds. The molecule has 0 saturated heterocycles. The van der Waals surface area contributed by atoms with Gasteiger partial charge in [-0.3, -0.25) is 4.79 Å². The lowest BCUT2D eigenvalue weighted by Crippen LogP contribution is -2.35. The molecule has 1 aliphatic rings. The Kier molecular flexibility index (Phi) is 4.88. The van der Waals surface area contributed by atoms with Crippen molar-refractivity contribution in [3.05, 3.63) is 9.66 Å². The average molecular weight is 308 g/mol. The van der Waals surface area contributed by atoms with Crippen LogP contribution < -0.4 is 0 Å². The van der Waals surface area contributed by atoms with Crippen molar-refractivity contribution in [2.75, 3.05) is 33.7 Å². The van der Waals surface area contributed by atoms with E-state index in [2.05, 4.69) is 28.7 Å². The third-order valence-electron chi connectivity index (χ3n) is 2.28. The molecule has 0 aromatic rings. The van der Waals surface area contributed by atoms with Gasteiger partial charge in [-0.2, -0.15) is 0 Å². The summed E-state index contributed by atoms with van der Waals surface area (Å²) >= 11 is 2.34. The molecule has 1 rings (SSSR count). The monoisotopic (exact) mass is 308 g/mol. The van der Waals surface area contributed by atoms with Gasteiger partial charge in [0.25, 0.3) is 0 Å². The summed E-state index contributed by atoms with van der Waals surface area (Å²) < 4.78 is 1.37. The Bertz CT molecular complexity index is 238. The van der Waals surface area contributed by atoms with Crippen LogP contribution in [0.4, 0.5) is 0 Å². The summed E-state index contributed by atoms with van der Waals surface area (Å²) in [6, 6.07) is 0. The molecule has 14 heavy (non-hydrogen) atoms. The largest absolute Gasteiger partial charge is 0.339 e. The van der Waals surface area contributed by atoms with Gasteiger partial charge in [-0.05, 0) is 46.7 Å². The second-order valence-corrected chi connectivity index (χ2v) is 5.18. The van der Waals surface area contributed by atoms with Crippen LogP contribution in [0.1, 0.15) is 12.8 Å². The number of hydrogen-bond acceptors (Lipinski definition) is 2. The average Bonchev–Trinajstić information content (AvgIpc) is 2.15. The zero-order chi connectivity index (χ0) is 10.6. The number of rotatable bonds is 3. The van der Waals surface area contributed by atoms with Gasteiger partial charge in [0.1, 0.15) is 0 Å². The van der Waals surface area contributed by atoms with E-state index >= 15 is 0 Å². The lowest BCUT2D eigenvalue weighted by molar-refractivity contribution is -0.131. The fraction of sp³-hybridized carbons (Fsp3) is 0.700. The maximum Gasteiger partial charge on any atom is 0.224 e. The Morgan fingerprint density at radius 3 is 2.86 bits per heavy atom. The summed E-state index contributed by atoms with van der Waals surface area (Å²) in [6.45, 7) is 2.53. The molecule has 0 bridgehead atoms. The minimum Gasteiger partial charge on any atom is -0.339 e. The van der Waals surface area contributed by atoms with Gasteiger partial charge in [0, 0.05) is 26.1 Å². The van der Waals surface area contributed by atoms with Crippen LogP contribution in [0.5, 0.6) is 0 Å². The first-order valence-corrected chi connectivity index (χ1v) is 5.94. The van der Waals surface area contributed by atoms with Gasteiger partial charge >= 0.3 is 0 Å². The molecule has 3 nitrogen and oxygen atoms in total. The molecule has 1 heterocycles. The molecule has 0 radical (unpaired) electrons. The smallest absolute Gasteiger partial charge is 0.224 e. The van der Waals surface area contributed by atoms with E-state index in [-0.39, 0.29) is 5.91 Å². The first kappa shape index (κ1) is 12.0. The third-order valence-corrected chi connectivity index (χ3v) is 3.26. The van der Waals surface area contributed by atoms with E-state index < -0.39 is 0 Å². The predicted molar refractivity (Wildman–Crippen MR) is 66.5 cm³/mol. The molecule has 4 heteroatoms. The van der Waals surface area contributed by atoms with E-state index in [0.717, 1.165) is 26.1 Å². The summed E-state index contributed by atoms with van der Waals surface area (Å²) in [5.41, 5.74) is 0. The maximum atomic E-state index is 11.7. The van der Waals surface area contributed by atoms with Crippen molar-refractivity contribution in [2.24, 2.45) is 0 Å². The summed E-state index contributed by atoms with van der Waals surface area (Å²) in [5, 5.41) is 0. The Morgan fingerprint density at radius 1 is 1.64 bits per heavy atom. The van der Waals surface area contributed by atoms with Crippen molar-refractivity contribution in [2.45, 2.75) is 12.8 Å². The van der Waals surface area contributed by atoms with E-state index in [9.17, 15) is 4.79 Å². The van der Waals surface area contributed by atoms with Gasteiger partial charge in [0.15, 0.2) is 0 Å². The van der Waals surface area contributed by atoms with Gasteiger partial charge in [-0.15, -0.1) is 0 Å². The molecule has 80 valence electrons. The highest BCUT2D eigenvalue weighted by Gasteiger charge is 2.15. The van der Waals surface area contributed by atoms with Crippen molar-refractivity contribution in [3.8, 4) is 0 Å². The van der Waals surface area contributed by atoms with E-state index in [4.69, 9.17) is 0 Å². The minimum atomic E-state index is 0.277. The van der Waals surface area contributed by atoms with Crippen LogP contribution in [0.15, 0.2) is 9.66 Å². The van der Waals surface area contributed by atoms with Crippen LogP contribution in [-0.4, -0.2) is 49.4 Å². The summed E-state index contributed by atoms with van der Waals surface area (Å²) in [5.74, 6) is 0.277. The van der Waals surface area contributed by atoms with E-state index in [1.54, 1.807) is 0 Å². The number of hydrogen-bond donors (Lipinski definition) is 0. The summed E-state index contributed by atoms with van der Waals surface area (Å²) in [7, 11) is 3.98. The van der Waals surface area contributed by atoms with Crippen LogP contribution in [0.3, 0.4) is 0 Å². The number of halogens is 1. The molecule has 0 aromatic carbocycles. The van der Waals surface area contributed by atoms with Crippen molar-refractivity contribution >= 4 is 28.5 Å². The van der Waals surface area contributed by atoms with Crippen LogP contribution in [0, 0.1) is 0 Å². The van der Waals surface area contributed by atoms with Crippen LogP contribution in [-0.2, 0) is 4.79 Å². The van der Waals surface area contributed by atoms with Crippen LogP contribution in [0.2, 0.25) is 0 Å². The molecular formula is C10H17IN2O. The Morgan fingerprint density at radius 2 is 2.36 bits per heavy atom. The van der Waals surface area contributed by atoms with Crippen LogP contribution >= 0.6 is 22.6 Å². The summed E-state index contributed by atoms with van der Waals surface area (Å²) in [4.78, 5) is 15.7. The molecule has 0 N–H and O–H groups in total. The highest BCUT2D eigenvalue weighted by Crippen LogP contribution is 2.17. The van der Waals surface area contributed by atoms with E-state index in [0.29, 0.717) is 6.42 Å². The SMILES string of the molecule is CN(C)CCC(=O)N1CC=C(I)CC1. The molecule has 0 spiro atoms. The highest BCUT2D eigenvalue weighted by atomic mass is 127. The maximum absolute atomic E-state index is 11.7. The van der Waals surface area contributed by atoms with Crippen molar-refractivity contribution in [1.29, 1.82) is 0 Å². The molecule has 1 aliphatic heterocycles. The molecule has 0 aliphatic carbocycles. The van der Waals surface area contributed by atoms with Crippen molar-refractivity contribution in [1.82, 2.24) is 9.80 Å². The number of nitrogens with zero attached hydrogens (tertiary/aromatic N) is 2. The standard InChI is InChI=1S/C10H17IN2O/c1-12(2)6-5-10(14)13-7-3-9(11)4-8-13/h3H,4-8H2,1-2H3. The van der Waals surface area contributed by atoms with Gasteiger partial charge in [0.05, 0.1) is 0 Å². The summed E-state index contributed by atoms with van der Waals surface area (Å²) in [6.07, 6.45) is 3.79. The third kappa shape index (κ3) is 3.96. The zero-order valence-corrected chi connectivity index (χ0v) is 11.0. The number of carbonyl (C=O) groups is 1. The molecule has 0 aromatic heterocycles. The van der Waals surface area contributed by atoms with E-state index in [1.807, 2.05) is 23.9 Å². The van der Waals surface area contributed by atoms with Gasteiger partial charge in [0.2, 0.25) is 5.91 Å². The molecular weight excluding hydrogens is 291 g/mol. The first-order chi connectivity index (χ1) is 6.59. The first-order valence-electron chi connectivity index (χ1n) is 4.86. The molecule has 0 fully saturated rings. The lowest BCUT2D eigenvalue weighted by Gasteiger charge is -2.25. The Hall–Kier alpha value is -0.100.